The van der Waals surface area contributed by atoms with Gasteiger partial charge in [0.15, 0.2) is 17.5 Å². The Morgan fingerprint density at radius 1 is 0.407 bits per heavy atom. The molecule has 274 valence electrons. The van der Waals surface area contributed by atoms with Gasteiger partial charge in [-0.3, -0.25) is 0 Å². The molecule has 59 heavy (non-hydrogen) atoms. The average Bonchev–Trinajstić information content (AvgIpc) is 3.99. The van der Waals surface area contributed by atoms with Crippen LogP contribution >= 0.6 is 11.3 Å². The molecule has 0 fully saturated rings. The third-order valence-corrected chi connectivity index (χ3v) is 13.0. The van der Waals surface area contributed by atoms with Gasteiger partial charge in [0, 0.05) is 69.3 Å². The van der Waals surface area contributed by atoms with Crippen LogP contribution in [0, 0.1) is 0 Å². The van der Waals surface area contributed by atoms with Crippen LogP contribution in [0.4, 0.5) is 0 Å². The first-order valence-corrected chi connectivity index (χ1v) is 20.6. The van der Waals surface area contributed by atoms with Crippen LogP contribution < -0.4 is 0 Å². The van der Waals surface area contributed by atoms with E-state index in [9.17, 15) is 0 Å². The van der Waals surface area contributed by atoms with Crippen LogP contribution in [0.5, 0.6) is 0 Å². The van der Waals surface area contributed by atoms with Gasteiger partial charge >= 0.3 is 0 Å². The summed E-state index contributed by atoms with van der Waals surface area (Å²) in [5.41, 5.74) is 7.90. The second kappa shape index (κ2) is 12.4. The van der Waals surface area contributed by atoms with Crippen molar-refractivity contribution in [1.29, 1.82) is 0 Å². The zero-order valence-electron chi connectivity index (χ0n) is 31.4. The monoisotopic (exact) mass is 770 g/mol. The number of fused-ring (bicyclic) bond motifs is 13. The molecule has 0 unspecified atom stereocenters. The molecule has 0 amide bonds. The first-order chi connectivity index (χ1) is 29.2. The van der Waals surface area contributed by atoms with Crippen molar-refractivity contribution in [2.24, 2.45) is 0 Å². The Balaban J connectivity index is 1.03. The van der Waals surface area contributed by atoms with E-state index < -0.39 is 0 Å². The van der Waals surface area contributed by atoms with Gasteiger partial charge in [0.2, 0.25) is 0 Å². The van der Waals surface area contributed by atoms with E-state index in [0.717, 1.165) is 60.5 Å². The quantitative estimate of drug-likeness (QED) is 0.179. The number of hydrogen-bond donors (Lipinski definition) is 0. The maximum atomic E-state index is 6.78. The Morgan fingerprint density at radius 2 is 1.03 bits per heavy atom. The van der Waals surface area contributed by atoms with E-state index in [4.69, 9.17) is 19.4 Å². The highest BCUT2D eigenvalue weighted by atomic mass is 32.1. The fraction of sp³-hybridized carbons (Fsp3) is 0. The van der Waals surface area contributed by atoms with Gasteiger partial charge in [-0.2, -0.15) is 0 Å². The number of aromatic nitrogens is 4. The summed E-state index contributed by atoms with van der Waals surface area (Å²) >= 11 is 1.80. The fourth-order valence-corrected chi connectivity index (χ4v) is 10.3. The number of benzene rings is 9. The van der Waals surface area contributed by atoms with Gasteiger partial charge in [0.05, 0.1) is 16.6 Å². The predicted molar refractivity (Wildman–Crippen MR) is 246 cm³/mol. The third kappa shape index (κ3) is 4.81. The number of furan rings is 1. The molecule has 0 radical (unpaired) electrons. The van der Waals surface area contributed by atoms with Crippen LogP contribution in [0.3, 0.4) is 0 Å². The van der Waals surface area contributed by atoms with Crippen LogP contribution in [-0.4, -0.2) is 19.5 Å². The molecular weight excluding hydrogens is 741 g/mol. The van der Waals surface area contributed by atoms with Crippen molar-refractivity contribution < 1.29 is 4.42 Å². The predicted octanol–water partition coefficient (Wildman–Crippen LogP) is 14.5. The SMILES string of the molecule is c1ccc(-c2nc(-c3cccc4c3oc3c5ccccc5ccc43)nc(-c3cccc4sc5cc(-n6c7ccccc7c7ccc8ccccc8c76)ccc5c34)n2)cc1. The maximum Gasteiger partial charge on any atom is 0.167 e. The van der Waals surface area contributed by atoms with E-state index in [-0.39, 0.29) is 0 Å². The van der Waals surface area contributed by atoms with Crippen molar-refractivity contribution >= 4 is 96.8 Å². The first kappa shape index (κ1) is 32.4. The zero-order chi connectivity index (χ0) is 38.6. The highest BCUT2D eigenvalue weighted by Crippen LogP contribution is 2.44. The summed E-state index contributed by atoms with van der Waals surface area (Å²) in [5.74, 6) is 1.80. The van der Waals surface area contributed by atoms with Crippen LogP contribution in [-0.2, 0) is 0 Å². The van der Waals surface area contributed by atoms with Gasteiger partial charge < -0.3 is 8.98 Å². The summed E-state index contributed by atoms with van der Waals surface area (Å²) in [6.45, 7) is 0. The van der Waals surface area contributed by atoms with Gasteiger partial charge in [-0.05, 0) is 47.2 Å². The topological polar surface area (TPSA) is 56.7 Å². The van der Waals surface area contributed by atoms with Crippen molar-refractivity contribution in [3.05, 3.63) is 182 Å². The molecule has 4 aromatic heterocycles. The lowest BCUT2D eigenvalue weighted by Gasteiger charge is -2.11. The van der Waals surface area contributed by atoms with Crippen LogP contribution in [0.1, 0.15) is 0 Å². The largest absolute Gasteiger partial charge is 0.455 e. The maximum absolute atomic E-state index is 6.78. The molecule has 0 aliphatic heterocycles. The van der Waals surface area contributed by atoms with Crippen molar-refractivity contribution in [3.63, 3.8) is 0 Å². The van der Waals surface area contributed by atoms with Crippen molar-refractivity contribution in [2.45, 2.75) is 0 Å². The number of para-hydroxylation sites is 2. The molecule has 0 spiro atoms. The summed E-state index contributed by atoms with van der Waals surface area (Å²) in [7, 11) is 0. The highest BCUT2D eigenvalue weighted by Gasteiger charge is 2.21. The molecule has 5 nitrogen and oxygen atoms in total. The normalized spacial score (nSPS) is 12.1. The second-order valence-electron chi connectivity index (χ2n) is 15.1. The van der Waals surface area contributed by atoms with E-state index in [0.29, 0.717) is 17.5 Å². The molecule has 0 bridgehead atoms. The number of rotatable bonds is 4. The Kier molecular flexibility index (Phi) is 6.82. The number of thiophene rings is 1. The van der Waals surface area contributed by atoms with Gasteiger partial charge in [0.25, 0.3) is 0 Å². The minimum Gasteiger partial charge on any atom is -0.455 e. The van der Waals surface area contributed by atoms with E-state index in [1.165, 1.54) is 47.4 Å². The van der Waals surface area contributed by atoms with Crippen molar-refractivity contribution in [3.8, 4) is 39.9 Å². The second-order valence-corrected chi connectivity index (χ2v) is 16.2. The lowest BCUT2D eigenvalue weighted by Crippen LogP contribution is -2.00. The number of hydrogen-bond acceptors (Lipinski definition) is 5. The molecule has 0 atom stereocenters. The van der Waals surface area contributed by atoms with E-state index in [2.05, 4.69) is 168 Å². The summed E-state index contributed by atoms with van der Waals surface area (Å²) in [5, 5.41) is 11.6. The van der Waals surface area contributed by atoms with Gasteiger partial charge in [-0.25, -0.2) is 15.0 Å². The van der Waals surface area contributed by atoms with Crippen molar-refractivity contribution in [1.82, 2.24) is 19.5 Å². The minimum absolute atomic E-state index is 0.570. The first-order valence-electron chi connectivity index (χ1n) is 19.8. The summed E-state index contributed by atoms with van der Waals surface area (Å²) in [4.78, 5) is 15.6. The number of nitrogens with zero attached hydrogens (tertiary/aromatic N) is 4. The molecule has 4 heterocycles. The van der Waals surface area contributed by atoms with Gasteiger partial charge in [-0.15, -0.1) is 11.3 Å². The fourth-order valence-electron chi connectivity index (χ4n) is 9.17. The Morgan fingerprint density at radius 3 is 1.90 bits per heavy atom. The summed E-state index contributed by atoms with van der Waals surface area (Å²) in [6, 6.07) is 64.3. The van der Waals surface area contributed by atoms with Crippen LogP contribution in [0.15, 0.2) is 186 Å². The molecule has 13 aromatic rings. The molecule has 0 saturated carbocycles. The molecule has 0 N–H and O–H groups in total. The standard InChI is InChI=1S/C53H30N4OS/c1-2-14-33(15-3-1)51-54-52(56-53(55-51)43-21-10-19-39-40-28-25-32-13-5-7-17-36(32)49(40)58-50(39)43)42-20-11-23-45-47(42)41-29-26-34(30-46(41)59-45)57-44-22-9-8-18-37(44)38-27-24-31-12-4-6-16-35(31)48(38)57/h1-30H. The highest BCUT2D eigenvalue weighted by molar-refractivity contribution is 7.26. The molecule has 9 aromatic carbocycles. The van der Waals surface area contributed by atoms with Crippen LogP contribution in [0.2, 0.25) is 0 Å². The molecule has 0 aliphatic rings. The molecule has 6 heteroatoms. The average molecular weight is 771 g/mol. The summed E-state index contributed by atoms with van der Waals surface area (Å²) < 4.78 is 11.6. The lowest BCUT2D eigenvalue weighted by molar-refractivity contribution is 0.673. The Labute approximate surface area is 341 Å². The molecule has 13 rings (SSSR count). The van der Waals surface area contributed by atoms with Crippen LogP contribution in [0.25, 0.3) is 125 Å². The Hall–Kier alpha value is -7.67. The van der Waals surface area contributed by atoms with Crippen molar-refractivity contribution in [2.75, 3.05) is 0 Å². The molecular formula is C53H30N4OS. The zero-order valence-corrected chi connectivity index (χ0v) is 32.2. The Bertz CT molecular complexity index is 3860. The third-order valence-electron chi connectivity index (χ3n) is 11.8. The molecule has 0 saturated heterocycles. The lowest BCUT2D eigenvalue weighted by atomic mass is 10.0. The van der Waals surface area contributed by atoms with E-state index >= 15 is 0 Å². The minimum atomic E-state index is 0.570. The van der Waals surface area contributed by atoms with Gasteiger partial charge in [-0.1, -0.05) is 146 Å². The van der Waals surface area contributed by atoms with E-state index in [1.807, 2.05) is 18.2 Å². The molecule has 0 aliphatic carbocycles. The van der Waals surface area contributed by atoms with Gasteiger partial charge in [0.1, 0.15) is 11.2 Å². The summed E-state index contributed by atoms with van der Waals surface area (Å²) in [6.07, 6.45) is 0. The smallest absolute Gasteiger partial charge is 0.167 e. The van der Waals surface area contributed by atoms with E-state index in [1.54, 1.807) is 11.3 Å².